The van der Waals surface area contributed by atoms with Crippen LogP contribution >= 0.6 is 0 Å². The van der Waals surface area contributed by atoms with Crippen LogP contribution in [0.4, 0.5) is 0 Å². The van der Waals surface area contributed by atoms with E-state index in [4.69, 9.17) is 15.1 Å². The molecule has 0 aromatic heterocycles. The Kier molecular flexibility index (Phi) is 8.80. The molecule has 0 unspecified atom stereocenters. The fraction of sp³-hybridized carbons (Fsp3) is 0. The third-order valence-electron chi connectivity index (χ3n) is 0. The van der Waals surface area contributed by atoms with Gasteiger partial charge < -0.3 is 15.1 Å². The van der Waals surface area contributed by atoms with Crippen LogP contribution in [0.5, 0.6) is 0 Å². The van der Waals surface area contributed by atoms with Crippen LogP contribution in [0.25, 0.3) is 0 Å². The second-order valence-corrected chi connectivity index (χ2v) is 0.346. The summed E-state index contributed by atoms with van der Waals surface area (Å²) in [5.41, 5.74) is 0. The van der Waals surface area contributed by atoms with Gasteiger partial charge in [-0.3, -0.25) is 0 Å². The van der Waals surface area contributed by atoms with Gasteiger partial charge in [0.2, 0.25) is 0 Å². The molecule has 0 aliphatic rings. The molecule has 0 aliphatic heterocycles. The van der Waals surface area contributed by atoms with Crippen LogP contribution in [0.2, 0.25) is 0 Å². The molecule has 3 nitrogen and oxygen atoms in total. The van der Waals surface area contributed by atoms with Crippen molar-refractivity contribution in [2.45, 2.75) is 0 Å². The molecule has 0 spiro atoms. The summed E-state index contributed by atoms with van der Waals surface area (Å²) in [4.78, 5) is 0. The van der Waals surface area contributed by atoms with Crippen molar-refractivity contribution in [2.24, 2.45) is 0 Å². The van der Waals surface area contributed by atoms with Crippen LogP contribution in [0.1, 0.15) is 0 Å². The first-order chi connectivity index (χ1) is 1.73. The monoisotopic (exact) mass is 186 g/mol. The molecule has 0 radical (unpaired) electrons. The van der Waals surface area contributed by atoms with Crippen molar-refractivity contribution < 1.29 is 15.1 Å². The standard InChI is InChI=1S/BH3O3.Sb.3H/c2-1(3)4;;;;/h2-4H;;;;. The summed E-state index contributed by atoms with van der Waals surface area (Å²) in [7, 11) is -2.17. The third-order valence-corrected chi connectivity index (χ3v) is 0. The first-order valence-electron chi connectivity index (χ1n) is 0.775. The summed E-state index contributed by atoms with van der Waals surface area (Å²) < 4.78 is 0. The Morgan fingerprint density at radius 3 is 1.00 bits per heavy atom. The second-order valence-electron chi connectivity index (χ2n) is 0.346. The van der Waals surface area contributed by atoms with Gasteiger partial charge in [0, 0.05) is 0 Å². The summed E-state index contributed by atoms with van der Waals surface area (Å²) in [5, 5.41) is 21.5. The van der Waals surface area contributed by atoms with E-state index >= 15 is 0 Å². The van der Waals surface area contributed by atoms with E-state index < -0.39 is 7.32 Å². The van der Waals surface area contributed by atoms with E-state index in [9.17, 15) is 0 Å². The van der Waals surface area contributed by atoms with Gasteiger partial charge >= 0.3 is 31.7 Å². The van der Waals surface area contributed by atoms with Crippen LogP contribution in [0.15, 0.2) is 0 Å². The Labute approximate surface area is 47.3 Å². The Hall–Kier alpha value is 0.763. The molecule has 0 fully saturated rings. The molecule has 32 valence electrons. The van der Waals surface area contributed by atoms with Crippen LogP contribution < -0.4 is 0 Å². The number of rotatable bonds is 0. The summed E-state index contributed by atoms with van der Waals surface area (Å²) >= 11 is 0. The molecule has 5 heavy (non-hydrogen) atoms. The second kappa shape index (κ2) is 4.76. The van der Waals surface area contributed by atoms with Crippen LogP contribution in [0, 0.1) is 0 Å². The zero-order valence-corrected chi connectivity index (χ0v) is 6.66. The van der Waals surface area contributed by atoms with Crippen LogP contribution in [-0.2, 0) is 0 Å². The van der Waals surface area contributed by atoms with Gasteiger partial charge in [0.05, 0.1) is 0 Å². The Balaban J connectivity index is 0. The minimum atomic E-state index is -2.17. The van der Waals surface area contributed by atoms with Crippen molar-refractivity contribution in [1.82, 2.24) is 0 Å². The Morgan fingerprint density at radius 1 is 1.00 bits per heavy atom. The molecule has 0 saturated carbocycles. The van der Waals surface area contributed by atoms with Gasteiger partial charge in [0.25, 0.3) is 0 Å². The van der Waals surface area contributed by atoms with Crippen LogP contribution in [-0.4, -0.2) is 46.8 Å². The van der Waals surface area contributed by atoms with Gasteiger partial charge in [0.15, 0.2) is 0 Å². The summed E-state index contributed by atoms with van der Waals surface area (Å²) in [5.74, 6) is 0. The quantitative estimate of drug-likeness (QED) is 0.349. The average molecular weight is 187 g/mol. The SMILES string of the molecule is OB(O)O.[SbH3]. The van der Waals surface area contributed by atoms with Crippen molar-refractivity contribution in [1.29, 1.82) is 0 Å². The molecule has 5 heteroatoms. The molecular formula is H6BO3Sb. The maximum atomic E-state index is 7.17. The van der Waals surface area contributed by atoms with E-state index in [1.807, 2.05) is 0 Å². The van der Waals surface area contributed by atoms with E-state index in [0.717, 1.165) is 0 Å². The molecule has 0 amide bonds. The predicted molar refractivity (Wildman–Crippen MR) is 22.3 cm³/mol. The molecule has 0 heterocycles. The van der Waals surface area contributed by atoms with Crippen molar-refractivity contribution in [3.05, 3.63) is 0 Å². The molecule has 0 saturated heterocycles. The zero-order chi connectivity index (χ0) is 3.58. The zero-order valence-electron chi connectivity index (χ0n) is 2.63. The molecule has 0 bridgehead atoms. The van der Waals surface area contributed by atoms with Gasteiger partial charge in [-0.1, -0.05) is 0 Å². The summed E-state index contributed by atoms with van der Waals surface area (Å²) in [6, 6.07) is 0. The van der Waals surface area contributed by atoms with E-state index in [2.05, 4.69) is 0 Å². The summed E-state index contributed by atoms with van der Waals surface area (Å²) in [6.07, 6.45) is 0. The van der Waals surface area contributed by atoms with Gasteiger partial charge in [-0.15, -0.1) is 0 Å². The van der Waals surface area contributed by atoms with E-state index in [1.165, 1.54) is 0 Å². The van der Waals surface area contributed by atoms with Crippen molar-refractivity contribution >= 4 is 31.7 Å². The fourth-order valence-electron chi connectivity index (χ4n) is 0. The molecule has 0 rings (SSSR count). The van der Waals surface area contributed by atoms with E-state index in [1.54, 1.807) is 0 Å². The Bertz CT molecular complexity index is 11.6. The first kappa shape index (κ1) is 9.23. The van der Waals surface area contributed by atoms with Crippen molar-refractivity contribution in [3.8, 4) is 0 Å². The predicted octanol–water partition coefficient (Wildman–Crippen LogP) is -3.24. The normalized spacial score (nSPS) is 5.40. The molecular weight excluding hydrogens is 181 g/mol. The number of hydrogen-bond donors (Lipinski definition) is 3. The topological polar surface area (TPSA) is 60.7 Å². The molecule has 0 aromatic carbocycles. The van der Waals surface area contributed by atoms with Gasteiger partial charge in [-0.2, -0.15) is 0 Å². The average Bonchev–Trinajstić information content (AvgIpc) is 0.811. The van der Waals surface area contributed by atoms with Gasteiger partial charge in [-0.25, -0.2) is 0 Å². The fourth-order valence-corrected chi connectivity index (χ4v) is 0. The summed E-state index contributed by atoms with van der Waals surface area (Å²) in [6.45, 7) is 0. The number of hydrogen-bond acceptors (Lipinski definition) is 3. The first-order valence-corrected chi connectivity index (χ1v) is 0.775. The van der Waals surface area contributed by atoms with Crippen molar-refractivity contribution in [2.75, 3.05) is 0 Å². The van der Waals surface area contributed by atoms with E-state index in [-0.39, 0.29) is 24.4 Å². The van der Waals surface area contributed by atoms with Gasteiger partial charge in [-0.05, 0) is 0 Å². The van der Waals surface area contributed by atoms with Crippen LogP contribution in [0.3, 0.4) is 0 Å². The van der Waals surface area contributed by atoms with E-state index in [0.29, 0.717) is 0 Å². The molecule has 3 N–H and O–H groups in total. The Morgan fingerprint density at radius 2 is 1.00 bits per heavy atom. The molecule has 0 aromatic rings. The molecule has 0 aliphatic carbocycles. The maximum absolute atomic E-state index is 7.17. The minimum absolute atomic E-state index is 0. The van der Waals surface area contributed by atoms with Crippen molar-refractivity contribution in [3.63, 3.8) is 0 Å². The van der Waals surface area contributed by atoms with Gasteiger partial charge in [0.1, 0.15) is 0 Å². The third kappa shape index (κ3) is 62.4. The molecule has 0 atom stereocenters.